The van der Waals surface area contributed by atoms with Gasteiger partial charge in [-0.25, -0.2) is 4.39 Å². The Hall–Kier alpha value is -0.930. The molecule has 0 saturated carbocycles. The Bertz CT molecular complexity index is 297. The molecule has 2 N–H and O–H groups in total. The Morgan fingerprint density at radius 1 is 1.29 bits per heavy atom. The molecular weight excluding hydrogens is 179 g/mol. The molecule has 0 heterocycles. The van der Waals surface area contributed by atoms with E-state index in [4.69, 9.17) is 5.73 Å². The Kier molecular flexibility index (Phi) is 4.04. The van der Waals surface area contributed by atoms with Crippen molar-refractivity contribution in [3.8, 4) is 0 Å². The first-order valence-electron chi connectivity index (χ1n) is 4.76. The van der Waals surface area contributed by atoms with Crippen molar-refractivity contribution in [1.29, 1.82) is 0 Å². The van der Waals surface area contributed by atoms with Gasteiger partial charge in [-0.15, -0.1) is 0 Å². The van der Waals surface area contributed by atoms with Crippen molar-refractivity contribution in [1.82, 2.24) is 4.90 Å². The van der Waals surface area contributed by atoms with E-state index >= 15 is 0 Å². The minimum atomic E-state index is -0.142. The summed E-state index contributed by atoms with van der Waals surface area (Å²) >= 11 is 0. The Labute approximate surface area is 84.5 Å². The lowest BCUT2D eigenvalue weighted by atomic mass is 10.1. The molecule has 0 atom stereocenters. The van der Waals surface area contributed by atoms with E-state index in [1.165, 1.54) is 0 Å². The summed E-state index contributed by atoms with van der Waals surface area (Å²) in [6.45, 7) is 1.12. The maximum Gasteiger partial charge on any atom is 0.130 e. The standard InChI is InChI=1S/C11H17FN2/c1-14(2)7-6-9-4-3-5-10(8-13)11(9)12/h3-5H,6-8,13H2,1-2H3. The maximum absolute atomic E-state index is 13.6. The van der Waals surface area contributed by atoms with E-state index in [0.717, 1.165) is 18.5 Å². The largest absolute Gasteiger partial charge is 0.326 e. The van der Waals surface area contributed by atoms with E-state index < -0.39 is 0 Å². The monoisotopic (exact) mass is 196 g/mol. The molecule has 0 aromatic heterocycles. The number of hydrogen-bond donors (Lipinski definition) is 1. The molecule has 1 aromatic rings. The van der Waals surface area contributed by atoms with Crippen LogP contribution in [0.3, 0.4) is 0 Å². The summed E-state index contributed by atoms with van der Waals surface area (Å²) in [5.41, 5.74) is 6.77. The van der Waals surface area contributed by atoms with Crippen molar-refractivity contribution < 1.29 is 4.39 Å². The van der Waals surface area contributed by atoms with Crippen LogP contribution >= 0.6 is 0 Å². The summed E-state index contributed by atoms with van der Waals surface area (Å²) in [6.07, 6.45) is 0.729. The van der Waals surface area contributed by atoms with Gasteiger partial charge in [0.05, 0.1) is 0 Å². The molecule has 0 fully saturated rings. The fourth-order valence-corrected chi connectivity index (χ4v) is 1.33. The average Bonchev–Trinajstić information content (AvgIpc) is 2.16. The third-order valence-corrected chi connectivity index (χ3v) is 2.21. The Morgan fingerprint density at radius 2 is 1.93 bits per heavy atom. The molecule has 1 rings (SSSR count). The van der Waals surface area contributed by atoms with Crippen molar-refractivity contribution in [2.75, 3.05) is 20.6 Å². The number of nitrogens with zero attached hydrogens (tertiary/aromatic N) is 1. The number of benzene rings is 1. The quantitative estimate of drug-likeness (QED) is 0.788. The highest BCUT2D eigenvalue weighted by molar-refractivity contribution is 5.26. The lowest BCUT2D eigenvalue weighted by molar-refractivity contribution is 0.410. The molecule has 2 nitrogen and oxygen atoms in total. The lowest BCUT2D eigenvalue weighted by Crippen LogP contribution is -2.16. The van der Waals surface area contributed by atoms with Gasteiger partial charge in [-0.1, -0.05) is 18.2 Å². The molecule has 0 aliphatic rings. The smallest absolute Gasteiger partial charge is 0.130 e. The Balaban J connectivity index is 2.76. The summed E-state index contributed by atoms with van der Waals surface area (Å²) < 4.78 is 13.6. The van der Waals surface area contributed by atoms with Crippen LogP contribution in [0, 0.1) is 5.82 Å². The van der Waals surface area contributed by atoms with Gasteiger partial charge in [0.15, 0.2) is 0 Å². The zero-order valence-electron chi connectivity index (χ0n) is 8.76. The van der Waals surface area contributed by atoms with Crippen LogP contribution in [-0.2, 0) is 13.0 Å². The van der Waals surface area contributed by atoms with E-state index in [2.05, 4.69) is 0 Å². The van der Waals surface area contributed by atoms with E-state index in [1.54, 1.807) is 6.07 Å². The highest BCUT2D eigenvalue weighted by Crippen LogP contribution is 2.13. The average molecular weight is 196 g/mol. The zero-order chi connectivity index (χ0) is 10.6. The predicted octanol–water partition coefficient (Wildman–Crippen LogP) is 1.39. The lowest BCUT2D eigenvalue weighted by Gasteiger charge is -2.11. The minimum absolute atomic E-state index is 0.142. The number of hydrogen-bond acceptors (Lipinski definition) is 2. The van der Waals surface area contributed by atoms with Gasteiger partial charge in [0.25, 0.3) is 0 Å². The molecule has 0 bridgehead atoms. The molecule has 1 aromatic carbocycles. The van der Waals surface area contributed by atoms with Gasteiger partial charge in [-0.3, -0.25) is 0 Å². The second kappa shape index (κ2) is 5.08. The Morgan fingerprint density at radius 3 is 2.50 bits per heavy atom. The molecule has 3 heteroatoms. The van der Waals surface area contributed by atoms with Gasteiger partial charge in [0, 0.05) is 18.7 Å². The fraction of sp³-hybridized carbons (Fsp3) is 0.455. The summed E-state index contributed by atoms with van der Waals surface area (Å²) in [5.74, 6) is -0.142. The molecule has 0 amide bonds. The maximum atomic E-state index is 13.6. The number of halogens is 1. The second-order valence-corrected chi connectivity index (χ2v) is 3.65. The first-order chi connectivity index (χ1) is 6.65. The van der Waals surface area contributed by atoms with E-state index in [9.17, 15) is 4.39 Å². The van der Waals surface area contributed by atoms with Crippen LogP contribution in [0.4, 0.5) is 4.39 Å². The predicted molar refractivity (Wildman–Crippen MR) is 56.5 cm³/mol. The van der Waals surface area contributed by atoms with Gasteiger partial charge in [-0.05, 0) is 26.1 Å². The van der Waals surface area contributed by atoms with Crippen molar-refractivity contribution in [2.24, 2.45) is 5.73 Å². The van der Waals surface area contributed by atoms with Crippen LogP contribution in [0.1, 0.15) is 11.1 Å². The van der Waals surface area contributed by atoms with Gasteiger partial charge in [0.2, 0.25) is 0 Å². The van der Waals surface area contributed by atoms with Crippen molar-refractivity contribution in [3.05, 3.63) is 35.1 Å². The van der Waals surface area contributed by atoms with Crippen LogP contribution in [-0.4, -0.2) is 25.5 Å². The third-order valence-electron chi connectivity index (χ3n) is 2.21. The van der Waals surface area contributed by atoms with Crippen LogP contribution in [0.15, 0.2) is 18.2 Å². The highest BCUT2D eigenvalue weighted by Gasteiger charge is 2.06. The van der Waals surface area contributed by atoms with E-state index in [1.807, 2.05) is 31.1 Å². The van der Waals surface area contributed by atoms with Crippen molar-refractivity contribution >= 4 is 0 Å². The number of nitrogens with two attached hydrogens (primary N) is 1. The topological polar surface area (TPSA) is 29.3 Å². The van der Waals surface area contributed by atoms with E-state index in [-0.39, 0.29) is 12.4 Å². The molecule has 0 unspecified atom stereocenters. The number of rotatable bonds is 4. The summed E-state index contributed by atoms with van der Waals surface area (Å²) in [5, 5.41) is 0. The van der Waals surface area contributed by atoms with Gasteiger partial charge >= 0.3 is 0 Å². The molecule has 0 aliphatic heterocycles. The second-order valence-electron chi connectivity index (χ2n) is 3.65. The van der Waals surface area contributed by atoms with Gasteiger partial charge in [0.1, 0.15) is 5.82 Å². The molecule has 0 radical (unpaired) electrons. The SMILES string of the molecule is CN(C)CCc1cccc(CN)c1F. The van der Waals surface area contributed by atoms with Gasteiger partial charge in [-0.2, -0.15) is 0 Å². The molecule has 0 saturated heterocycles. The molecule has 0 spiro atoms. The fourth-order valence-electron chi connectivity index (χ4n) is 1.33. The summed E-state index contributed by atoms with van der Waals surface area (Å²) in [6, 6.07) is 5.41. The van der Waals surface area contributed by atoms with Crippen LogP contribution in [0.25, 0.3) is 0 Å². The minimum Gasteiger partial charge on any atom is -0.326 e. The normalized spacial score (nSPS) is 10.9. The molecule has 78 valence electrons. The number of likely N-dealkylation sites (N-methyl/N-ethyl adjacent to an activating group) is 1. The first-order valence-corrected chi connectivity index (χ1v) is 4.76. The summed E-state index contributed by atoms with van der Waals surface area (Å²) in [4.78, 5) is 2.04. The third kappa shape index (κ3) is 2.79. The van der Waals surface area contributed by atoms with Gasteiger partial charge < -0.3 is 10.6 Å². The van der Waals surface area contributed by atoms with Crippen molar-refractivity contribution in [3.63, 3.8) is 0 Å². The van der Waals surface area contributed by atoms with Crippen molar-refractivity contribution in [2.45, 2.75) is 13.0 Å². The first kappa shape index (κ1) is 11.1. The molecule has 14 heavy (non-hydrogen) atoms. The van der Waals surface area contributed by atoms with E-state index in [0.29, 0.717) is 5.56 Å². The van der Waals surface area contributed by atoms with Crippen LogP contribution in [0.2, 0.25) is 0 Å². The van der Waals surface area contributed by atoms with Crippen LogP contribution in [0.5, 0.6) is 0 Å². The molecule has 0 aliphatic carbocycles. The zero-order valence-corrected chi connectivity index (χ0v) is 8.76. The highest BCUT2D eigenvalue weighted by atomic mass is 19.1. The molecular formula is C11H17FN2. The summed E-state index contributed by atoms with van der Waals surface area (Å²) in [7, 11) is 3.95. The van der Waals surface area contributed by atoms with Crippen LogP contribution < -0.4 is 5.73 Å².